The lowest BCUT2D eigenvalue weighted by atomic mass is 10.4. The third-order valence-electron chi connectivity index (χ3n) is 2.34. The average molecular weight is 249 g/mol. The number of anilines is 1. The summed E-state index contributed by atoms with van der Waals surface area (Å²) in [6.45, 7) is 4.93. The minimum atomic E-state index is 0.518. The zero-order valence-electron chi connectivity index (χ0n) is 9.92. The molecule has 0 aliphatic heterocycles. The summed E-state index contributed by atoms with van der Waals surface area (Å²) in [5.74, 6) is 1.32. The molecule has 0 aromatic carbocycles. The summed E-state index contributed by atoms with van der Waals surface area (Å²) in [5, 5.41) is 0.714. The summed E-state index contributed by atoms with van der Waals surface area (Å²) >= 11 is 1.57. The Morgan fingerprint density at radius 3 is 2.94 bits per heavy atom. The van der Waals surface area contributed by atoms with E-state index in [0.717, 1.165) is 18.0 Å². The van der Waals surface area contributed by atoms with Crippen molar-refractivity contribution < 1.29 is 0 Å². The fraction of sp³-hybridized carbons (Fsp3) is 0.364. The molecule has 0 saturated heterocycles. The fourth-order valence-corrected chi connectivity index (χ4v) is 2.42. The van der Waals surface area contributed by atoms with Crippen LogP contribution in [0.5, 0.6) is 0 Å². The second kappa shape index (κ2) is 5.18. The van der Waals surface area contributed by atoms with E-state index in [1.165, 1.54) is 5.69 Å². The minimum absolute atomic E-state index is 0.518. The summed E-state index contributed by atoms with van der Waals surface area (Å²) in [7, 11) is 0. The molecule has 6 heteroatoms. The number of aryl methyl sites for hydroxylation is 2. The van der Waals surface area contributed by atoms with Gasteiger partial charge in [-0.15, -0.1) is 0 Å². The van der Waals surface area contributed by atoms with Gasteiger partial charge in [-0.25, -0.2) is 15.0 Å². The SMILES string of the molecule is CCn1cncc1CSc1nc(C)cc(N)n1. The molecule has 2 N–H and O–H groups in total. The Labute approximate surface area is 104 Å². The monoisotopic (exact) mass is 249 g/mol. The third-order valence-corrected chi connectivity index (χ3v) is 3.22. The molecule has 5 nitrogen and oxygen atoms in total. The molecule has 0 aliphatic carbocycles. The van der Waals surface area contributed by atoms with Gasteiger partial charge in [0.05, 0.1) is 6.33 Å². The number of nitrogens with zero attached hydrogens (tertiary/aromatic N) is 4. The number of aromatic nitrogens is 4. The highest BCUT2D eigenvalue weighted by Gasteiger charge is 2.05. The van der Waals surface area contributed by atoms with Crippen LogP contribution in [0.15, 0.2) is 23.7 Å². The lowest BCUT2D eigenvalue weighted by Crippen LogP contribution is -1.99. The van der Waals surface area contributed by atoms with E-state index < -0.39 is 0 Å². The van der Waals surface area contributed by atoms with Crippen LogP contribution in [-0.4, -0.2) is 19.5 Å². The topological polar surface area (TPSA) is 69.6 Å². The maximum absolute atomic E-state index is 5.68. The maximum atomic E-state index is 5.68. The standard InChI is InChI=1S/C11H15N5S/c1-3-16-7-13-5-9(16)6-17-11-14-8(2)4-10(12)15-11/h4-5,7H,3,6H2,1-2H3,(H2,12,14,15). The number of hydrogen-bond acceptors (Lipinski definition) is 5. The Kier molecular flexibility index (Phi) is 3.63. The highest BCUT2D eigenvalue weighted by molar-refractivity contribution is 7.98. The van der Waals surface area contributed by atoms with E-state index in [4.69, 9.17) is 5.73 Å². The highest BCUT2D eigenvalue weighted by atomic mass is 32.2. The number of thioether (sulfide) groups is 1. The van der Waals surface area contributed by atoms with Crippen LogP contribution in [0.4, 0.5) is 5.82 Å². The first-order chi connectivity index (χ1) is 8.19. The molecule has 2 rings (SSSR count). The number of nitrogen functional groups attached to an aromatic ring is 1. The van der Waals surface area contributed by atoms with Crippen LogP contribution >= 0.6 is 11.8 Å². The van der Waals surface area contributed by atoms with Crippen LogP contribution in [0.1, 0.15) is 18.3 Å². The van der Waals surface area contributed by atoms with Crippen molar-refractivity contribution in [2.45, 2.75) is 31.3 Å². The molecule has 0 aliphatic rings. The van der Waals surface area contributed by atoms with Gasteiger partial charge in [0, 0.05) is 35.9 Å². The van der Waals surface area contributed by atoms with Gasteiger partial charge in [0.2, 0.25) is 0 Å². The molecule has 0 bridgehead atoms. The molecule has 90 valence electrons. The molecular weight excluding hydrogens is 234 g/mol. The van der Waals surface area contributed by atoms with Gasteiger partial charge in [-0.05, 0) is 13.8 Å². The molecule has 0 radical (unpaired) electrons. The molecule has 0 spiro atoms. The summed E-state index contributed by atoms with van der Waals surface area (Å²) in [6, 6.07) is 1.76. The molecule has 0 unspecified atom stereocenters. The minimum Gasteiger partial charge on any atom is -0.384 e. The quantitative estimate of drug-likeness (QED) is 0.661. The zero-order chi connectivity index (χ0) is 12.3. The van der Waals surface area contributed by atoms with Crippen molar-refractivity contribution >= 4 is 17.6 Å². The van der Waals surface area contributed by atoms with Crippen molar-refractivity contribution in [1.82, 2.24) is 19.5 Å². The first kappa shape index (κ1) is 11.9. The Balaban J connectivity index is 2.07. The van der Waals surface area contributed by atoms with Crippen LogP contribution in [0, 0.1) is 6.92 Å². The second-order valence-electron chi connectivity index (χ2n) is 3.68. The van der Waals surface area contributed by atoms with Crippen molar-refractivity contribution in [3.8, 4) is 0 Å². The molecule has 2 aromatic heterocycles. The average Bonchev–Trinajstić information content (AvgIpc) is 2.72. The molecule has 2 heterocycles. The van der Waals surface area contributed by atoms with Gasteiger partial charge < -0.3 is 10.3 Å². The van der Waals surface area contributed by atoms with Gasteiger partial charge in [-0.1, -0.05) is 11.8 Å². The van der Waals surface area contributed by atoms with Crippen molar-refractivity contribution in [1.29, 1.82) is 0 Å². The lowest BCUT2D eigenvalue weighted by Gasteiger charge is -2.05. The first-order valence-electron chi connectivity index (χ1n) is 5.42. The molecular formula is C11H15N5S. The van der Waals surface area contributed by atoms with Crippen molar-refractivity contribution in [2.24, 2.45) is 0 Å². The predicted molar refractivity (Wildman–Crippen MR) is 68.6 cm³/mol. The van der Waals surface area contributed by atoms with Crippen molar-refractivity contribution in [2.75, 3.05) is 5.73 Å². The van der Waals surface area contributed by atoms with E-state index in [1.54, 1.807) is 17.8 Å². The highest BCUT2D eigenvalue weighted by Crippen LogP contribution is 2.20. The molecule has 17 heavy (non-hydrogen) atoms. The largest absolute Gasteiger partial charge is 0.384 e. The maximum Gasteiger partial charge on any atom is 0.190 e. The van der Waals surface area contributed by atoms with Gasteiger partial charge in [-0.3, -0.25) is 0 Å². The smallest absolute Gasteiger partial charge is 0.190 e. The van der Waals surface area contributed by atoms with Gasteiger partial charge in [0.15, 0.2) is 5.16 Å². The van der Waals surface area contributed by atoms with Crippen LogP contribution in [0.3, 0.4) is 0 Å². The number of rotatable bonds is 4. The van der Waals surface area contributed by atoms with Crippen LogP contribution in [0.2, 0.25) is 0 Å². The fourth-order valence-electron chi connectivity index (χ4n) is 1.52. The van der Waals surface area contributed by atoms with Crippen LogP contribution < -0.4 is 5.73 Å². The summed E-state index contributed by atoms with van der Waals surface area (Å²) in [5.41, 5.74) is 7.74. The summed E-state index contributed by atoms with van der Waals surface area (Å²) in [6.07, 6.45) is 3.71. The second-order valence-corrected chi connectivity index (χ2v) is 4.62. The molecule has 0 saturated carbocycles. The summed E-state index contributed by atoms with van der Waals surface area (Å²) in [4.78, 5) is 12.6. The van der Waals surface area contributed by atoms with E-state index in [2.05, 4.69) is 26.4 Å². The zero-order valence-corrected chi connectivity index (χ0v) is 10.7. The molecule has 0 atom stereocenters. The van der Waals surface area contributed by atoms with E-state index in [0.29, 0.717) is 11.0 Å². The number of hydrogen-bond donors (Lipinski definition) is 1. The Morgan fingerprint density at radius 2 is 2.24 bits per heavy atom. The van der Waals surface area contributed by atoms with Crippen LogP contribution in [-0.2, 0) is 12.3 Å². The van der Waals surface area contributed by atoms with Gasteiger partial charge in [0.1, 0.15) is 5.82 Å². The number of nitrogens with two attached hydrogens (primary N) is 1. The summed E-state index contributed by atoms with van der Waals surface area (Å²) < 4.78 is 2.10. The van der Waals surface area contributed by atoms with Crippen LogP contribution in [0.25, 0.3) is 0 Å². The van der Waals surface area contributed by atoms with Gasteiger partial charge >= 0.3 is 0 Å². The van der Waals surface area contributed by atoms with Crippen molar-refractivity contribution in [3.05, 3.63) is 30.0 Å². The first-order valence-corrected chi connectivity index (χ1v) is 6.40. The number of imidazole rings is 1. The Bertz CT molecular complexity index is 488. The van der Waals surface area contributed by atoms with Gasteiger partial charge in [0.25, 0.3) is 0 Å². The predicted octanol–water partition coefficient (Wildman–Crippen LogP) is 1.88. The molecule has 0 fully saturated rings. The Hall–Kier alpha value is -1.56. The molecule has 0 amide bonds. The Morgan fingerprint density at radius 1 is 1.41 bits per heavy atom. The lowest BCUT2D eigenvalue weighted by molar-refractivity contribution is 0.733. The third kappa shape index (κ3) is 2.97. The van der Waals surface area contributed by atoms with E-state index in [9.17, 15) is 0 Å². The normalized spacial score (nSPS) is 10.7. The molecule has 2 aromatic rings. The van der Waals surface area contributed by atoms with Crippen molar-refractivity contribution in [3.63, 3.8) is 0 Å². The van der Waals surface area contributed by atoms with E-state index in [1.807, 2.05) is 19.4 Å². The van der Waals surface area contributed by atoms with E-state index >= 15 is 0 Å². The van der Waals surface area contributed by atoms with Gasteiger partial charge in [-0.2, -0.15) is 0 Å². The van der Waals surface area contributed by atoms with E-state index in [-0.39, 0.29) is 0 Å².